The third-order valence-electron chi connectivity index (χ3n) is 4.93. The maximum Gasteiger partial charge on any atom is 0.309 e. The van der Waals surface area contributed by atoms with Gasteiger partial charge in [-0.15, -0.1) is 0 Å². The van der Waals surface area contributed by atoms with Crippen LogP contribution in [0, 0.1) is 19.8 Å². The van der Waals surface area contributed by atoms with E-state index in [0.717, 1.165) is 18.4 Å². The van der Waals surface area contributed by atoms with Crippen LogP contribution in [-0.4, -0.2) is 35.6 Å². The summed E-state index contributed by atoms with van der Waals surface area (Å²) in [5.41, 5.74) is 9.03. The summed E-state index contributed by atoms with van der Waals surface area (Å²) in [6.07, 6.45) is 2.89. The number of carbonyl (C=O) groups is 1. The first-order valence-electron chi connectivity index (χ1n) is 9.26. The van der Waals surface area contributed by atoms with Crippen molar-refractivity contribution in [3.05, 3.63) is 35.7 Å². The van der Waals surface area contributed by atoms with Crippen molar-refractivity contribution in [2.45, 2.75) is 33.6 Å². The minimum absolute atomic E-state index is 0.0597. The Labute approximate surface area is 159 Å². The molecule has 2 N–H and O–H groups in total. The molecule has 1 aliphatic heterocycles. The molecule has 27 heavy (non-hydrogen) atoms. The number of aryl methyl sites for hydroxylation is 2. The van der Waals surface area contributed by atoms with Crippen LogP contribution in [0.2, 0.25) is 0 Å². The van der Waals surface area contributed by atoms with Crippen molar-refractivity contribution in [2.24, 2.45) is 5.92 Å². The first kappa shape index (κ1) is 18.9. The normalized spacial score (nSPS) is 14.9. The number of ether oxygens (including phenoxy) is 2. The Kier molecular flexibility index (Phi) is 5.78. The van der Waals surface area contributed by atoms with Gasteiger partial charge in [0.15, 0.2) is 5.82 Å². The molecule has 0 radical (unpaired) electrons. The number of hydrogen-bond donors (Lipinski definition) is 1. The summed E-state index contributed by atoms with van der Waals surface area (Å²) in [7, 11) is 0. The van der Waals surface area contributed by atoms with E-state index in [1.807, 2.05) is 32.0 Å². The number of nitrogens with two attached hydrogens (primary N) is 1. The Morgan fingerprint density at radius 3 is 2.63 bits per heavy atom. The summed E-state index contributed by atoms with van der Waals surface area (Å²) >= 11 is 0. The molecule has 1 saturated heterocycles. The first-order valence-corrected chi connectivity index (χ1v) is 9.26. The number of rotatable bonds is 5. The molecule has 0 unspecified atom stereocenters. The van der Waals surface area contributed by atoms with Crippen LogP contribution in [0.25, 0.3) is 0 Å². The largest absolute Gasteiger partial charge is 0.466 e. The summed E-state index contributed by atoms with van der Waals surface area (Å²) in [5, 5.41) is 0. The van der Waals surface area contributed by atoms with Crippen molar-refractivity contribution in [3.8, 4) is 11.6 Å². The van der Waals surface area contributed by atoms with Gasteiger partial charge < -0.3 is 20.1 Å². The molecule has 0 atom stereocenters. The van der Waals surface area contributed by atoms with Crippen molar-refractivity contribution in [1.29, 1.82) is 0 Å². The summed E-state index contributed by atoms with van der Waals surface area (Å²) in [5.74, 6) is 1.50. The maximum absolute atomic E-state index is 11.9. The van der Waals surface area contributed by atoms with Gasteiger partial charge in [0, 0.05) is 13.1 Å². The van der Waals surface area contributed by atoms with E-state index in [2.05, 4.69) is 21.8 Å². The monoisotopic (exact) mass is 370 g/mol. The van der Waals surface area contributed by atoms with Crippen LogP contribution in [0.3, 0.4) is 0 Å². The average molecular weight is 370 g/mol. The van der Waals surface area contributed by atoms with Gasteiger partial charge in [-0.25, -0.2) is 4.98 Å². The minimum Gasteiger partial charge on any atom is -0.466 e. The zero-order valence-electron chi connectivity index (χ0n) is 16.1. The quantitative estimate of drug-likeness (QED) is 0.808. The number of carbonyl (C=O) groups excluding carboxylic acids is 1. The number of anilines is 2. The average Bonchev–Trinajstić information content (AvgIpc) is 2.67. The lowest BCUT2D eigenvalue weighted by Gasteiger charge is -2.32. The fourth-order valence-corrected chi connectivity index (χ4v) is 3.18. The molecule has 1 aromatic heterocycles. The molecule has 0 amide bonds. The highest BCUT2D eigenvalue weighted by Crippen LogP contribution is 2.34. The van der Waals surface area contributed by atoms with Crippen LogP contribution in [0.1, 0.15) is 30.9 Å². The summed E-state index contributed by atoms with van der Waals surface area (Å²) < 4.78 is 11.0. The van der Waals surface area contributed by atoms with Crippen LogP contribution in [0.5, 0.6) is 11.6 Å². The van der Waals surface area contributed by atoms with Crippen LogP contribution in [0.4, 0.5) is 11.5 Å². The van der Waals surface area contributed by atoms with E-state index in [-0.39, 0.29) is 11.9 Å². The molecule has 7 heteroatoms. The molecular formula is C20H26N4O3. The number of piperidine rings is 1. The SMILES string of the molecule is CCOC(=O)C1CCN(c2ncnc(Oc3ccc(C)c(C)c3)c2N)CC1. The molecular weight excluding hydrogens is 344 g/mol. The molecule has 2 heterocycles. The van der Waals surface area contributed by atoms with E-state index >= 15 is 0 Å². The minimum atomic E-state index is -0.119. The summed E-state index contributed by atoms with van der Waals surface area (Å²) in [6, 6.07) is 5.86. The zero-order valence-corrected chi connectivity index (χ0v) is 16.1. The highest BCUT2D eigenvalue weighted by Gasteiger charge is 2.28. The molecule has 2 aromatic rings. The van der Waals surface area contributed by atoms with Crippen molar-refractivity contribution < 1.29 is 14.3 Å². The number of nitrogens with zero attached hydrogens (tertiary/aromatic N) is 3. The van der Waals surface area contributed by atoms with Gasteiger partial charge in [0.1, 0.15) is 17.8 Å². The van der Waals surface area contributed by atoms with E-state index in [4.69, 9.17) is 15.2 Å². The van der Waals surface area contributed by atoms with Gasteiger partial charge in [0.2, 0.25) is 5.88 Å². The Balaban J connectivity index is 1.72. The third-order valence-corrected chi connectivity index (χ3v) is 4.93. The van der Waals surface area contributed by atoms with Gasteiger partial charge >= 0.3 is 5.97 Å². The number of benzene rings is 1. The molecule has 0 spiro atoms. The van der Waals surface area contributed by atoms with Gasteiger partial charge in [-0.2, -0.15) is 4.98 Å². The van der Waals surface area contributed by atoms with Crippen molar-refractivity contribution >= 4 is 17.5 Å². The molecule has 1 aromatic carbocycles. The van der Waals surface area contributed by atoms with Gasteiger partial charge in [0.25, 0.3) is 0 Å². The fourth-order valence-electron chi connectivity index (χ4n) is 3.18. The molecule has 0 bridgehead atoms. The first-order chi connectivity index (χ1) is 13.0. The van der Waals surface area contributed by atoms with E-state index in [1.54, 1.807) is 0 Å². The zero-order chi connectivity index (χ0) is 19.4. The summed E-state index contributed by atoms with van der Waals surface area (Å²) in [4.78, 5) is 22.5. The van der Waals surface area contributed by atoms with Crippen LogP contribution in [0.15, 0.2) is 24.5 Å². The Morgan fingerprint density at radius 1 is 1.22 bits per heavy atom. The lowest BCUT2D eigenvalue weighted by molar-refractivity contribution is -0.148. The van der Waals surface area contributed by atoms with Crippen LogP contribution in [-0.2, 0) is 9.53 Å². The second-order valence-corrected chi connectivity index (χ2v) is 6.78. The highest BCUT2D eigenvalue weighted by molar-refractivity contribution is 5.73. The lowest BCUT2D eigenvalue weighted by atomic mass is 9.97. The number of aromatic nitrogens is 2. The number of hydrogen-bond acceptors (Lipinski definition) is 7. The van der Waals surface area contributed by atoms with Crippen molar-refractivity contribution in [1.82, 2.24) is 9.97 Å². The van der Waals surface area contributed by atoms with Gasteiger partial charge in [-0.1, -0.05) is 6.07 Å². The molecule has 1 fully saturated rings. The molecule has 144 valence electrons. The van der Waals surface area contributed by atoms with Gasteiger partial charge in [-0.3, -0.25) is 4.79 Å². The molecule has 7 nitrogen and oxygen atoms in total. The van der Waals surface area contributed by atoms with Gasteiger partial charge in [0.05, 0.1) is 12.5 Å². The predicted octanol–water partition coefficient (Wildman–Crippen LogP) is 3.25. The Hall–Kier alpha value is -2.83. The van der Waals surface area contributed by atoms with Crippen molar-refractivity contribution in [2.75, 3.05) is 30.3 Å². The Morgan fingerprint density at radius 2 is 1.96 bits per heavy atom. The van der Waals surface area contributed by atoms with Crippen LogP contribution >= 0.6 is 0 Å². The predicted molar refractivity (Wildman–Crippen MR) is 104 cm³/mol. The fraction of sp³-hybridized carbons (Fsp3) is 0.450. The maximum atomic E-state index is 11.9. The molecule has 0 saturated carbocycles. The number of nitrogen functional groups attached to an aromatic ring is 1. The second kappa shape index (κ2) is 8.24. The molecule has 3 rings (SSSR count). The van der Waals surface area contributed by atoms with E-state index in [0.29, 0.717) is 42.8 Å². The Bertz CT molecular complexity index is 817. The summed E-state index contributed by atoms with van der Waals surface area (Å²) in [6.45, 7) is 7.70. The molecule has 0 aliphatic carbocycles. The second-order valence-electron chi connectivity index (χ2n) is 6.78. The van der Waals surface area contributed by atoms with E-state index in [9.17, 15) is 4.79 Å². The van der Waals surface area contributed by atoms with E-state index < -0.39 is 0 Å². The van der Waals surface area contributed by atoms with Crippen molar-refractivity contribution in [3.63, 3.8) is 0 Å². The third kappa shape index (κ3) is 4.30. The molecule has 1 aliphatic rings. The van der Waals surface area contributed by atoms with Gasteiger partial charge in [-0.05, 0) is 56.9 Å². The lowest BCUT2D eigenvalue weighted by Crippen LogP contribution is -2.37. The van der Waals surface area contributed by atoms with Crippen LogP contribution < -0.4 is 15.4 Å². The highest BCUT2D eigenvalue weighted by atomic mass is 16.5. The number of esters is 1. The van der Waals surface area contributed by atoms with E-state index in [1.165, 1.54) is 11.9 Å². The standard InChI is InChI=1S/C20H26N4O3/c1-4-26-20(25)15-7-9-24(10-8-15)18-17(21)19(23-12-22-18)27-16-6-5-13(2)14(3)11-16/h5-6,11-12,15H,4,7-10,21H2,1-3H3. The topological polar surface area (TPSA) is 90.6 Å². The smallest absolute Gasteiger partial charge is 0.309 e.